The second kappa shape index (κ2) is 4.26. The van der Waals surface area contributed by atoms with Crippen LogP contribution in [0.2, 0.25) is 0 Å². The Morgan fingerprint density at radius 2 is 2.62 bits per heavy atom. The highest BCUT2D eigenvalue weighted by molar-refractivity contribution is 4.67. The van der Waals surface area contributed by atoms with Crippen molar-refractivity contribution in [3.05, 3.63) is 17.6 Å². The molecule has 46 valence electrons. The van der Waals surface area contributed by atoms with Gasteiger partial charge in [0.1, 0.15) is 0 Å². The Morgan fingerprint density at radius 3 is 2.75 bits per heavy atom. The SMILES string of the molecule is C=CCN(N=O)OC. The summed E-state index contributed by atoms with van der Waals surface area (Å²) in [5.74, 6) is 0. The van der Waals surface area contributed by atoms with Crippen LogP contribution in [0, 0.1) is 4.91 Å². The van der Waals surface area contributed by atoms with Gasteiger partial charge >= 0.3 is 0 Å². The van der Waals surface area contributed by atoms with E-state index in [9.17, 15) is 4.91 Å². The lowest BCUT2D eigenvalue weighted by molar-refractivity contribution is -0.123. The summed E-state index contributed by atoms with van der Waals surface area (Å²) in [6, 6.07) is 0. The van der Waals surface area contributed by atoms with E-state index in [2.05, 4.69) is 16.7 Å². The summed E-state index contributed by atoms with van der Waals surface area (Å²) in [6.07, 6.45) is 1.52. The largest absolute Gasteiger partial charge is 0.257 e. The normalized spacial score (nSPS) is 8.12. The van der Waals surface area contributed by atoms with Crippen LogP contribution in [0.25, 0.3) is 0 Å². The Morgan fingerprint density at radius 1 is 2.00 bits per heavy atom. The Hall–Kier alpha value is -0.900. The molecular formula is C4H8N2O2. The smallest absolute Gasteiger partial charge is 0.0859 e. The van der Waals surface area contributed by atoms with Crippen LogP contribution in [0.3, 0.4) is 0 Å². The first-order chi connectivity index (χ1) is 3.85. The van der Waals surface area contributed by atoms with Gasteiger partial charge in [0.25, 0.3) is 0 Å². The minimum atomic E-state index is 0.319. The molecule has 0 rings (SSSR count). The summed E-state index contributed by atoms with van der Waals surface area (Å²) < 4.78 is 0. The predicted octanol–water partition coefficient (Wildman–Crippen LogP) is 0.717. The van der Waals surface area contributed by atoms with Crippen LogP contribution in [0.1, 0.15) is 0 Å². The molecule has 0 aromatic carbocycles. The average Bonchev–Trinajstić information content (AvgIpc) is 1.83. The van der Waals surface area contributed by atoms with Gasteiger partial charge in [-0.2, -0.15) is 0 Å². The van der Waals surface area contributed by atoms with Crippen molar-refractivity contribution in [1.29, 1.82) is 0 Å². The topological polar surface area (TPSA) is 41.9 Å². The lowest BCUT2D eigenvalue weighted by Crippen LogP contribution is -2.13. The van der Waals surface area contributed by atoms with E-state index in [0.717, 1.165) is 5.17 Å². The third kappa shape index (κ3) is 2.30. The third-order valence-corrected chi connectivity index (χ3v) is 0.587. The fraction of sp³-hybridized carbons (Fsp3) is 0.500. The van der Waals surface area contributed by atoms with Crippen LogP contribution in [0.15, 0.2) is 17.9 Å². The van der Waals surface area contributed by atoms with Crippen molar-refractivity contribution < 1.29 is 4.84 Å². The molecule has 0 unspecified atom stereocenters. The van der Waals surface area contributed by atoms with Crippen LogP contribution in [0.5, 0.6) is 0 Å². The number of nitroso groups, excluding NO2 is 1. The number of hydroxylamine groups is 1. The molecule has 0 aliphatic heterocycles. The molecule has 0 spiro atoms. The van der Waals surface area contributed by atoms with Crippen molar-refractivity contribution in [3.8, 4) is 0 Å². The molecule has 0 N–H and O–H groups in total. The van der Waals surface area contributed by atoms with Gasteiger partial charge in [-0.1, -0.05) is 6.08 Å². The summed E-state index contributed by atoms with van der Waals surface area (Å²) >= 11 is 0. The summed E-state index contributed by atoms with van der Waals surface area (Å²) in [5.41, 5.74) is 0. The second-order valence-corrected chi connectivity index (χ2v) is 1.09. The van der Waals surface area contributed by atoms with Crippen molar-refractivity contribution in [2.75, 3.05) is 13.7 Å². The highest BCUT2D eigenvalue weighted by Gasteiger charge is 1.92. The Kier molecular flexibility index (Phi) is 3.78. The Bertz CT molecular complexity index is 84.1. The lowest BCUT2D eigenvalue weighted by atomic mass is 10.7. The molecule has 0 fully saturated rings. The zero-order chi connectivity index (χ0) is 6.41. The number of rotatable bonds is 4. The van der Waals surface area contributed by atoms with Gasteiger partial charge in [-0.3, -0.25) is 4.84 Å². The van der Waals surface area contributed by atoms with Gasteiger partial charge in [0.05, 0.1) is 18.9 Å². The van der Waals surface area contributed by atoms with E-state index in [1.54, 1.807) is 0 Å². The fourth-order valence-electron chi connectivity index (χ4n) is 0.252. The van der Waals surface area contributed by atoms with E-state index in [1.807, 2.05) is 0 Å². The molecule has 0 atom stereocenters. The van der Waals surface area contributed by atoms with Gasteiger partial charge in [-0.05, 0) is 0 Å². The highest BCUT2D eigenvalue weighted by Crippen LogP contribution is 1.85. The molecule has 0 amide bonds. The molecule has 0 saturated carbocycles. The van der Waals surface area contributed by atoms with E-state index < -0.39 is 0 Å². The summed E-state index contributed by atoms with van der Waals surface area (Å²) in [5, 5.41) is 3.37. The van der Waals surface area contributed by atoms with Crippen LogP contribution in [-0.4, -0.2) is 18.8 Å². The minimum Gasteiger partial charge on any atom is -0.257 e. The van der Waals surface area contributed by atoms with Gasteiger partial charge in [0, 0.05) is 0 Å². The number of hydrogen-bond acceptors (Lipinski definition) is 3. The molecule has 4 heteroatoms. The van der Waals surface area contributed by atoms with Crippen molar-refractivity contribution >= 4 is 0 Å². The zero-order valence-corrected chi connectivity index (χ0v) is 4.70. The van der Waals surface area contributed by atoms with Crippen molar-refractivity contribution in [3.63, 3.8) is 0 Å². The quantitative estimate of drug-likeness (QED) is 0.308. The second-order valence-electron chi connectivity index (χ2n) is 1.09. The van der Waals surface area contributed by atoms with Gasteiger partial charge in [-0.15, -0.1) is 16.7 Å². The Balaban J connectivity index is 3.35. The summed E-state index contributed by atoms with van der Waals surface area (Å²) in [7, 11) is 1.37. The van der Waals surface area contributed by atoms with Crippen LogP contribution in [-0.2, 0) is 4.84 Å². The van der Waals surface area contributed by atoms with Crippen molar-refractivity contribution in [2.24, 2.45) is 5.29 Å². The Labute approximate surface area is 47.6 Å². The van der Waals surface area contributed by atoms with Gasteiger partial charge in [-0.25, -0.2) is 0 Å². The molecule has 0 aliphatic carbocycles. The van der Waals surface area contributed by atoms with E-state index in [4.69, 9.17) is 0 Å². The van der Waals surface area contributed by atoms with E-state index in [1.165, 1.54) is 13.2 Å². The predicted molar refractivity (Wildman–Crippen MR) is 29.7 cm³/mol. The number of nitrogens with zero attached hydrogens (tertiary/aromatic N) is 2. The van der Waals surface area contributed by atoms with Crippen molar-refractivity contribution in [1.82, 2.24) is 5.17 Å². The summed E-state index contributed by atoms with van der Waals surface area (Å²) in [6.45, 7) is 3.70. The molecule has 0 saturated heterocycles. The van der Waals surface area contributed by atoms with Gasteiger partial charge < -0.3 is 0 Å². The molecule has 0 aromatic rings. The molecule has 0 radical (unpaired) electrons. The first-order valence-electron chi connectivity index (χ1n) is 2.11. The fourth-order valence-corrected chi connectivity index (χ4v) is 0.252. The maximum absolute atomic E-state index is 9.63. The number of hydrogen-bond donors (Lipinski definition) is 0. The van der Waals surface area contributed by atoms with E-state index in [0.29, 0.717) is 6.54 Å². The van der Waals surface area contributed by atoms with Gasteiger partial charge in [0.2, 0.25) is 0 Å². The van der Waals surface area contributed by atoms with Crippen LogP contribution in [0.4, 0.5) is 0 Å². The maximum atomic E-state index is 9.63. The third-order valence-electron chi connectivity index (χ3n) is 0.587. The highest BCUT2D eigenvalue weighted by atomic mass is 16.7. The maximum Gasteiger partial charge on any atom is 0.0859 e. The standard InChI is InChI=1S/C4H8N2O2/c1-3-4-6(5-7)8-2/h3H,1,4H2,2H3. The van der Waals surface area contributed by atoms with E-state index in [-0.39, 0.29) is 0 Å². The monoisotopic (exact) mass is 116 g/mol. The average molecular weight is 116 g/mol. The van der Waals surface area contributed by atoms with Crippen molar-refractivity contribution in [2.45, 2.75) is 0 Å². The zero-order valence-electron chi connectivity index (χ0n) is 4.70. The molecule has 0 bridgehead atoms. The first kappa shape index (κ1) is 7.10. The molecule has 0 heterocycles. The molecule has 0 aromatic heterocycles. The van der Waals surface area contributed by atoms with Crippen LogP contribution >= 0.6 is 0 Å². The summed E-state index contributed by atoms with van der Waals surface area (Å²) in [4.78, 5) is 14.1. The lowest BCUT2D eigenvalue weighted by Gasteiger charge is -2.06. The molecule has 0 aliphatic rings. The molecule has 4 nitrogen and oxygen atoms in total. The first-order valence-corrected chi connectivity index (χ1v) is 2.11. The van der Waals surface area contributed by atoms with Crippen LogP contribution < -0.4 is 0 Å². The minimum absolute atomic E-state index is 0.319. The van der Waals surface area contributed by atoms with Gasteiger partial charge in [0.15, 0.2) is 0 Å². The van der Waals surface area contributed by atoms with E-state index >= 15 is 0 Å². The molecular weight excluding hydrogens is 108 g/mol. The molecule has 8 heavy (non-hydrogen) atoms.